The minimum atomic E-state index is -3.11. The fourth-order valence-corrected chi connectivity index (χ4v) is 8.13. The number of methoxy groups -OCH3 is 2. The molecule has 0 unspecified atom stereocenters. The number of amides is 1. The minimum Gasteiger partial charge on any atom is -0.493 e. The number of carbonyl (C=O) groups excluding carboxylic acids is 1. The van der Waals surface area contributed by atoms with Crippen LogP contribution in [0.2, 0.25) is 0 Å². The lowest BCUT2D eigenvalue weighted by molar-refractivity contribution is -0.117. The molecular weight excluding hydrogens is 460 g/mol. The van der Waals surface area contributed by atoms with Crippen molar-refractivity contribution in [2.45, 2.75) is 37.5 Å². The van der Waals surface area contributed by atoms with Crippen molar-refractivity contribution in [3.8, 4) is 11.5 Å². The Hall–Kier alpha value is -2.52. The molecule has 0 aliphatic carbocycles. The van der Waals surface area contributed by atoms with Crippen LogP contribution in [0.5, 0.6) is 11.5 Å². The van der Waals surface area contributed by atoms with Crippen LogP contribution in [0.1, 0.15) is 30.9 Å². The molecule has 4 rings (SSSR count). The first kappa shape index (κ1) is 23.6. The van der Waals surface area contributed by atoms with Gasteiger partial charge in [-0.1, -0.05) is 43.8 Å². The second-order valence-electron chi connectivity index (χ2n) is 8.57. The highest BCUT2D eigenvalue weighted by atomic mass is 32.2. The Balaban J connectivity index is 1.61. The Labute approximate surface area is 199 Å². The third-order valence-electron chi connectivity index (χ3n) is 5.93. The molecule has 2 aromatic rings. The number of fused-ring (bicyclic) bond motifs is 1. The summed E-state index contributed by atoms with van der Waals surface area (Å²) in [4.78, 5) is 19.2. The van der Waals surface area contributed by atoms with Gasteiger partial charge in [0.15, 0.2) is 26.5 Å². The lowest BCUT2D eigenvalue weighted by Gasteiger charge is -2.25. The van der Waals surface area contributed by atoms with Crippen LogP contribution < -0.4 is 14.4 Å². The van der Waals surface area contributed by atoms with E-state index in [1.807, 2.05) is 35.2 Å². The van der Waals surface area contributed by atoms with Crippen molar-refractivity contribution < 1.29 is 22.7 Å². The number of thioether (sulfide) groups is 1. The van der Waals surface area contributed by atoms with Crippen LogP contribution in [0.15, 0.2) is 47.5 Å². The Morgan fingerprint density at radius 1 is 1.09 bits per heavy atom. The highest BCUT2D eigenvalue weighted by Crippen LogP contribution is 2.41. The molecule has 2 aromatic carbocycles. The standard InChI is InChI=1S/C24H28N2O5S2/c1-15(2)17-6-8-18(9-7-17)26-19-13-33(28,29)14-22(19)32-24(26)25-23(27)12-16-5-10-20(30-3)21(11-16)31-4/h5-11,15,19,22H,12-14H2,1-4H3/t19-,22+/m0/s1. The van der Waals surface area contributed by atoms with Crippen LogP contribution in [-0.4, -0.2) is 56.5 Å². The summed E-state index contributed by atoms with van der Waals surface area (Å²) in [6.07, 6.45) is 0.109. The summed E-state index contributed by atoms with van der Waals surface area (Å²) < 4.78 is 35.1. The predicted molar refractivity (Wildman–Crippen MR) is 133 cm³/mol. The van der Waals surface area contributed by atoms with Gasteiger partial charge in [0, 0.05) is 10.9 Å². The van der Waals surface area contributed by atoms with E-state index in [1.54, 1.807) is 26.4 Å². The molecular formula is C24H28N2O5S2. The maximum atomic E-state index is 12.9. The van der Waals surface area contributed by atoms with Crippen molar-refractivity contribution in [1.29, 1.82) is 0 Å². The molecule has 7 nitrogen and oxygen atoms in total. The van der Waals surface area contributed by atoms with Crippen LogP contribution in [0.3, 0.4) is 0 Å². The van der Waals surface area contributed by atoms with Gasteiger partial charge < -0.3 is 14.4 Å². The van der Waals surface area contributed by atoms with Crippen molar-refractivity contribution >= 4 is 38.4 Å². The van der Waals surface area contributed by atoms with Gasteiger partial charge in [0.25, 0.3) is 5.91 Å². The maximum absolute atomic E-state index is 12.9. The van der Waals surface area contributed by atoms with Crippen LogP contribution >= 0.6 is 11.8 Å². The van der Waals surface area contributed by atoms with E-state index in [1.165, 1.54) is 17.3 Å². The average molecular weight is 489 g/mol. The van der Waals surface area contributed by atoms with Gasteiger partial charge in [0.2, 0.25) is 0 Å². The van der Waals surface area contributed by atoms with Gasteiger partial charge in [-0.05, 0) is 41.3 Å². The SMILES string of the molecule is COc1ccc(CC(=O)N=C2S[C@@H]3CS(=O)(=O)C[C@@H]3N2c2ccc(C(C)C)cc2)cc1OC. The molecule has 0 radical (unpaired) electrons. The molecule has 0 saturated carbocycles. The number of aliphatic imine (C=N–C) groups is 1. The molecule has 2 atom stereocenters. The van der Waals surface area contributed by atoms with Crippen molar-refractivity contribution in [3.05, 3.63) is 53.6 Å². The summed E-state index contributed by atoms with van der Waals surface area (Å²) in [5.41, 5.74) is 2.82. The Morgan fingerprint density at radius 2 is 1.79 bits per heavy atom. The van der Waals surface area contributed by atoms with Gasteiger partial charge in [-0.2, -0.15) is 4.99 Å². The zero-order chi connectivity index (χ0) is 23.8. The number of nitrogens with zero attached hydrogens (tertiary/aromatic N) is 2. The summed E-state index contributed by atoms with van der Waals surface area (Å²) in [7, 11) is -0.000446. The predicted octanol–water partition coefficient (Wildman–Crippen LogP) is 3.67. The monoisotopic (exact) mass is 488 g/mol. The molecule has 2 aliphatic heterocycles. The van der Waals surface area contributed by atoms with Crippen LogP contribution in [0.25, 0.3) is 0 Å². The normalized spacial score (nSPS) is 22.6. The summed E-state index contributed by atoms with van der Waals surface area (Å²) in [5.74, 6) is 1.42. The molecule has 0 N–H and O–H groups in total. The third kappa shape index (κ3) is 5.04. The van der Waals surface area contributed by atoms with E-state index in [2.05, 4.69) is 18.8 Å². The van der Waals surface area contributed by atoms with Gasteiger partial charge in [0.05, 0.1) is 38.2 Å². The number of anilines is 1. The smallest absolute Gasteiger partial charge is 0.252 e. The van der Waals surface area contributed by atoms with Crippen molar-refractivity contribution in [2.24, 2.45) is 4.99 Å². The summed E-state index contributed by atoms with van der Waals surface area (Å²) in [6, 6.07) is 13.2. The van der Waals surface area contributed by atoms with E-state index < -0.39 is 9.84 Å². The number of rotatable bonds is 6. The van der Waals surface area contributed by atoms with E-state index in [0.717, 1.165) is 11.3 Å². The van der Waals surface area contributed by atoms with Gasteiger partial charge in [-0.25, -0.2) is 8.42 Å². The summed E-state index contributed by atoms with van der Waals surface area (Å²) >= 11 is 1.38. The number of hydrogen-bond acceptors (Lipinski definition) is 6. The first-order valence-electron chi connectivity index (χ1n) is 10.8. The lowest BCUT2D eigenvalue weighted by Crippen LogP contribution is -2.37. The second kappa shape index (κ2) is 9.38. The van der Waals surface area contributed by atoms with Gasteiger partial charge in [0.1, 0.15) is 0 Å². The van der Waals surface area contributed by atoms with Crippen molar-refractivity contribution in [3.63, 3.8) is 0 Å². The highest BCUT2D eigenvalue weighted by Gasteiger charge is 2.49. The number of benzene rings is 2. The molecule has 33 heavy (non-hydrogen) atoms. The number of amidine groups is 1. The quantitative estimate of drug-likeness (QED) is 0.613. The summed E-state index contributed by atoms with van der Waals surface area (Å²) in [5, 5.41) is 0.426. The van der Waals surface area contributed by atoms with Gasteiger partial charge >= 0.3 is 0 Å². The average Bonchev–Trinajstić information content (AvgIpc) is 3.24. The molecule has 2 saturated heterocycles. The van der Waals surface area contributed by atoms with E-state index >= 15 is 0 Å². The number of hydrogen-bond donors (Lipinski definition) is 0. The Morgan fingerprint density at radius 3 is 2.42 bits per heavy atom. The zero-order valence-electron chi connectivity index (χ0n) is 19.1. The van der Waals surface area contributed by atoms with Crippen LogP contribution in [0.4, 0.5) is 5.69 Å². The fourth-order valence-electron chi connectivity index (χ4n) is 4.20. The Kier molecular flexibility index (Phi) is 6.72. The molecule has 2 aliphatic rings. The molecule has 9 heteroatoms. The first-order chi connectivity index (χ1) is 15.7. The third-order valence-corrected chi connectivity index (χ3v) is 9.14. The number of sulfone groups is 1. The minimum absolute atomic E-state index is 0.0689. The van der Waals surface area contributed by atoms with Crippen LogP contribution in [0, 0.1) is 0 Å². The van der Waals surface area contributed by atoms with Crippen molar-refractivity contribution in [2.75, 3.05) is 30.6 Å². The maximum Gasteiger partial charge on any atom is 0.252 e. The molecule has 2 fully saturated rings. The van der Waals surface area contributed by atoms with Gasteiger partial charge in [-0.3, -0.25) is 4.79 Å². The fraction of sp³-hybridized carbons (Fsp3) is 0.417. The van der Waals surface area contributed by atoms with Crippen LogP contribution in [-0.2, 0) is 21.1 Å². The molecule has 1 amide bonds. The lowest BCUT2D eigenvalue weighted by atomic mass is 10.0. The van der Waals surface area contributed by atoms with E-state index in [9.17, 15) is 13.2 Å². The largest absolute Gasteiger partial charge is 0.493 e. The molecule has 0 aromatic heterocycles. The highest BCUT2D eigenvalue weighted by molar-refractivity contribution is 8.16. The number of carbonyl (C=O) groups is 1. The second-order valence-corrected chi connectivity index (χ2v) is 11.9. The molecule has 0 spiro atoms. The van der Waals surface area contributed by atoms with E-state index in [4.69, 9.17) is 9.47 Å². The number of ether oxygens (including phenoxy) is 2. The zero-order valence-corrected chi connectivity index (χ0v) is 20.8. The Bertz CT molecular complexity index is 1180. The van der Waals surface area contributed by atoms with E-state index in [-0.39, 0.29) is 35.1 Å². The van der Waals surface area contributed by atoms with Gasteiger partial charge in [-0.15, -0.1) is 0 Å². The van der Waals surface area contributed by atoms with E-state index in [0.29, 0.717) is 22.6 Å². The van der Waals surface area contributed by atoms with Crippen molar-refractivity contribution in [1.82, 2.24) is 0 Å². The molecule has 176 valence electrons. The molecule has 0 bridgehead atoms. The summed E-state index contributed by atoms with van der Waals surface area (Å²) in [6.45, 7) is 4.25. The molecule has 2 heterocycles. The topological polar surface area (TPSA) is 85.3 Å². The first-order valence-corrected chi connectivity index (χ1v) is 13.5.